The first-order chi connectivity index (χ1) is 18.6. The van der Waals surface area contributed by atoms with Crippen LogP contribution in [0.2, 0.25) is 0 Å². The van der Waals surface area contributed by atoms with Gasteiger partial charge in [-0.05, 0) is 52.0 Å². The molecule has 9 heteroatoms. The van der Waals surface area contributed by atoms with Crippen molar-refractivity contribution in [2.45, 2.75) is 79.1 Å². The van der Waals surface area contributed by atoms with E-state index in [0.29, 0.717) is 25.4 Å². The van der Waals surface area contributed by atoms with Gasteiger partial charge in [-0.1, -0.05) is 60.8 Å². The van der Waals surface area contributed by atoms with Crippen molar-refractivity contribution in [3.8, 4) is 5.75 Å². The smallest absolute Gasteiger partial charge is 0.410 e. The van der Waals surface area contributed by atoms with E-state index in [1.807, 2.05) is 67.9 Å². The van der Waals surface area contributed by atoms with Gasteiger partial charge in [-0.3, -0.25) is 9.48 Å². The Morgan fingerprint density at radius 3 is 2.38 bits per heavy atom. The van der Waals surface area contributed by atoms with Crippen LogP contribution in [-0.2, 0) is 27.3 Å². The van der Waals surface area contributed by atoms with Crippen LogP contribution in [0.15, 0.2) is 46.9 Å². The summed E-state index contributed by atoms with van der Waals surface area (Å²) in [7, 11) is 0. The van der Waals surface area contributed by atoms with Crippen molar-refractivity contribution in [2.75, 3.05) is 19.7 Å². The second-order valence-corrected chi connectivity index (χ2v) is 11.4. The molecular formula is C30H40BrN3O5. The zero-order chi connectivity index (χ0) is 28.6. The molecule has 212 valence electrons. The minimum Gasteiger partial charge on any atom is -0.487 e. The fourth-order valence-electron chi connectivity index (χ4n) is 3.95. The van der Waals surface area contributed by atoms with Gasteiger partial charge < -0.3 is 19.1 Å². The van der Waals surface area contributed by atoms with Crippen LogP contribution < -0.4 is 4.74 Å². The number of aromatic nitrogens is 2. The standard InChI is InChI=1S/C26H30BrN3O5.C4H10/c1-5-33-24(31)12-17-8-6-7-9-23(17)34-16-21-20-13-18(27)10-11-22(20)30(28-21)19-14-29(15-19)25(32)35-26(2,3)4;1-3-4-2/h6-11,13,19H,5,12,14-16H2,1-4H3;3-4H2,1-2H3. The minimum absolute atomic E-state index is 0.0519. The highest BCUT2D eigenvalue weighted by Gasteiger charge is 2.36. The molecule has 1 aromatic heterocycles. The second-order valence-electron chi connectivity index (χ2n) is 10.5. The van der Waals surface area contributed by atoms with Gasteiger partial charge in [0.2, 0.25) is 0 Å². The van der Waals surface area contributed by atoms with Gasteiger partial charge in [-0.15, -0.1) is 0 Å². The lowest BCUT2D eigenvalue weighted by Crippen LogP contribution is -2.52. The van der Waals surface area contributed by atoms with Crippen molar-refractivity contribution in [2.24, 2.45) is 0 Å². The summed E-state index contributed by atoms with van der Waals surface area (Å²) in [6.45, 7) is 13.4. The van der Waals surface area contributed by atoms with E-state index in [2.05, 4.69) is 29.8 Å². The highest BCUT2D eigenvalue weighted by atomic mass is 79.9. The summed E-state index contributed by atoms with van der Waals surface area (Å²) < 4.78 is 19.6. The predicted molar refractivity (Wildman–Crippen MR) is 156 cm³/mol. The molecule has 3 aromatic rings. The van der Waals surface area contributed by atoms with Gasteiger partial charge in [-0.2, -0.15) is 5.10 Å². The third-order valence-corrected chi connectivity index (χ3v) is 6.57. The molecule has 2 heterocycles. The summed E-state index contributed by atoms with van der Waals surface area (Å²) in [5, 5.41) is 5.83. The van der Waals surface area contributed by atoms with Gasteiger partial charge in [0, 0.05) is 28.5 Å². The van der Waals surface area contributed by atoms with Crippen LogP contribution in [0, 0.1) is 0 Å². The number of hydrogen-bond donors (Lipinski definition) is 0. The summed E-state index contributed by atoms with van der Waals surface area (Å²) in [6.07, 6.45) is 2.47. The zero-order valence-corrected chi connectivity index (χ0v) is 25.4. The van der Waals surface area contributed by atoms with E-state index in [1.54, 1.807) is 11.8 Å². The lowest BCUT2D eigenvalue weighted by molar-refractivity contribution is -0.142. The molecule has 0 N–H and O–H groups in total. The number of carbonyl (C=O) groups is 2. The topological polar surface area (TPSA) is 82.9 Å². The monoisotopic (exact) mass is 601 g/mol. The molecule has 0 bridgehead atoms. The van der Waals surface area contributed by atoms with Crippen molar-refractivity contribution < 1.29 is 23.8 Å². The molecule has 39 heavy (non-hydrogen) atoms. The fourth-order valence-corrected chi connectivity index (χ4v) is 4.31. The third kappa shape index (κ3) is 8.46. The van der Waals surface area contributed by atoms with Crippen molar-refractivity contribution in [3.63, 3.8) is 0 Å². The highest BCUT2D eigenvalue weighted by Crippen LogP contribution is 2.31. The maximum atomic E-state index is 12.4. The number of para-hydroxylation sites is 1. The van der Waals surface area contributed by atoms with E-state index in [-0.39, 0.29) is 31.1 Å². The van der Waals surface area contributed by atoms with Gasteiger partial charge in [0.15, 0.2) is 0 Å². The Labute approximate surface area is 239 Å². The van der Waals surface area contributed by atoms with Crippen LogP contribution in [0.5, 0.6) is 5.75 Å². The SMILES string of the molecule is CCCC.CCOC(=O)Cc1ccccc1OCc1nn(C2CN(C(=O)OC(C)(C)C)C2)c2ccc(Br)cc12. The summed E-state index contributed by atoms with van der Waals surface area (Å²) in [5.41, 5.74) is 1.99. The number of amides is 1. The Bertz CT molecular complexity index is 1260. The number of nitrogens with zero attached hydrogens (tertiary/aromatic N) is 3. The molecule has 0 unspecified atom stereocenters. The van der Waals surface area contributed by atoms with Crippen molar-refractivity contribution in [3.05, 3.63) is 58.2 Å². The van der Waals surface area contributed by atoms with Crippen LogP contribution in [-0.4, -0.2) is 52.0 Å². The molecule has 1 aliphatic heterocycles. The molecule has 0 spiro atoms. The summed E-state index contributed by atoms with van der Waals surface area (Å²) in [5.74, 6) is 0.333. The van der Waals surface area contributed by atoms with Crippen molar-refractivity contribution in [1.82, 2.24) is 14.7 Å². The number of benzene rings is 2. The van der Waals surface area contributed by atoms with Gasteiger partial charge >= 0.3 is 12.1 Å². The number of esters is 1. The third-order valence-electron chi connectivity index (χ3n) is 6.08. The number of fused-ring (bicyclic) bond motifs is 1. The fraction of sp³-hybridized carbons (Fsp3) is 0.500. The van der Waals surface area contributed by atoms with Crippen LogP contribution in [0.4, 0.5) is 4.79 Å². The summed E-state index contributed by atoms with van der Waals surface area (Å²) >= 11 is 3.55. The van der Waals surface area contributed by atoms with Crippen LogP contribution in [0.3, 0.4) is 0 Å². The summed E-state index contributed by atoms with van der Waals surface area (Å²) in [6, 6.07) is 13.5. The van der Waals surface area contributed by atoms with E-state index in [4.69, 9.17) is 19.3 Å². The minimum atomic E-state index is -0.527. The van der Waals surface area contributed by atoms with Gasteiger partial charge in [0.25, 0.3) is 0 Å². The van der Waals surface area contributed by atoms with Crippen molar-refractivity contribution >= 4 is 38.9 Å². The maximum absolute atomic E-state index is 12.4. The molecule has 1 saturated heterocycles. The maximum Gasteiger partial charge on any atom is 0.410 e. The van der Waals surface area contributed by atoms with Gasteiger partial charge in [0.1, 0.15) is 23.7 Å². The number of halogens is 1. The van der Waals surface area contributed by atoms with Gasteiger partial charge in [-0.25, -0.2) is 4.79 Å². The number of carbonyl (C=O) groups excluding carboxylic acids is 2. The average Bonchev–Trinajstić information content (AvgIpc) is 3.19. The normalized spacial score (nSPS) is 13.4. The molecule has 0 aliphatic carbocycles. The Hall–Kier alpha value is -3.07. The molecule has 0 radical (unpaired) electrons. The zero-order valence-electron chi connectivity index (χ0n) is 23.8. The first-order valence-corrected chi connectivity index (χ1v) is 14.4. The lowest BCUT2D eigenvalue weighted by atomic mass is 10.1. The summed E-state index contributed by atoms with van der Waals surface area (Å²) in [4.78, 5) is 26.0. The number of hydrogen-bond acceptors (Lipinski definition) is 6. The first-order valence-electron chi connectivity index (χ1n) is 13.6. The Morgan fingerprint density at radius 1 is 1.05 bits per heavy atom. The van der Waals surface area contributed by atoms with Gasteiger partial charge in [0.05, 0.1) is 24.6 Å². The highest BCUT2D eigenvalue weighted by molar-refractivity contribution is 9.10. The first kappa shape index (κ1) is 30.5. The lowest BCUT2D eigenvalue weighted by Gasteiger charge is -2.39. The number of unbranched alkanes of at least 4 members (excludes halogenated alkanes) is 1. The van der Waals surface area contributed by atoms with E-state index in [1.165, 1.54) is 12.8 Å². The molecule has 1 amide bonds. The Morgan fingerprint density at radius 2 is 1.74 bits per heavy atom. The molecule has 1 aliphatic rings. The Balaban J connectivity index is 0.000000983. The average molecular weight is 603 g/mol. The molecule has 2 aromatic carbocycles. The molecule has 0 saturated carbocycles. The van der Waals surface area contributed by atoms with Crippen LogP contribution >= 0.6 is 15.9 Å². The molecule has 4 rings (SSSR count). The van der Waals surface area contributed by atoms with Crippen LogP contribution in [0.25, 0.3) is 10.9 Å². The van der Waals surface area contributed by atoms with Crippen molar-refractivity contribution in [1.29, 1.82) is 0 Å². The van der Waals surface area contributed by atoms with E-state index in [0.717, 1.165) is 26.6 Å². The largest absolute Gasteiger partial charge is 0.487 e. The second kappa shape index (κ2) is 13.8. The number of ether oxygens (including phenoxy) is 3. The van der Waals surface area contributed by atoms with E-state index >= 15 is 0 Å². The molecule has 0 atom stereocenters. The molecule has 8 nitrogen and oxygen atoms in total. The quantitative estimate of drug-likeness (QED) is 0.256. The molecular weight excluding hydrogens is 562 g/mol. The van der Waals surface area contributed by atoms with E-state index in [9.17, 15) is 9.59 Å². The molecule has 1 fully saturated rings. The Kier molecular flexibility index (Phi) is 10.8. The predicted octanol–water partition coefficient (Wildman–Crippen LogP) is 7.08. The van der Waals surface area contributed by atoms with Crippen LogP contribution in [0.1, 0.15) is 71.7 Å². The van der Waals surface area contributed by atoms with E-state index < -0.39 is 5.60 Å². The number of likely N-dealkylation sites (tertiary alicyclic amines) is 1. The number of rotatable bonds is 8.